The summed E-state index contributed by atoms with van der Waals surface area (Å²) in [6.45, 7) is 4.62. The summed E-state index contributed by atoms with van der Waals surface area (Å²) in [5, 5.41) is 0. The molecule has 4 heterocycles. The molecule has 9 heteroatoms. The summed E-state index contributed by atoms with van der Waals surface area (Å²) >= 11 is 0. The highest BCUT2D eigenvalue weighted by Crippen LogP contribution is 2.34. The number of fused-ring (bicyclic) bond motifs is 3. The zero-order valence-electron chi connectivity index (χ0n) is 28.0. The van der Waals surface area contributed by atoms with E-state index in [1.54, 1.807) is 4.90 Å². The maximum Gasteiger partial charge on any atom is 0.309 e. The van der Waals surface area contributed by atoms with Gasteiger partial charge in [0.05, 0.1) is 18.9 Å². The second-order valence-corrected chi connectivity index (χ2v) is 13.4. The Morgan fingerprint density at radius 2 is 1.57 bits per heavy atom. The molecular formula is C40H46N2O7. The number of piperidine rings is 4. The molecule has 0 saturated carbocycles. The molecule has 4 aliphatic rings. The van der Waals surface area contributed by atoms with Crippen molar-refractivity contribution in [2.24, 2.45) is 11.8 Å². The molecule has 2 atom stereocenters. The lowest BCUT2D eigenvalue weighted by Gasteiger charge is -2.44. The lowest BCUT2D eigenvalue weighted by atomic mass is 9.85. The van der Waals surface area contributed by atoms with Gasteiger partial charge < -0.3 is 23.9 Å². The molecule has 3 aromatic carbocycles. The minimum absolute atomic E-state index is 0.0168. The van der Waals surface area contributed by atoms with Gasteiger partial charge in [-0.05, 0) is 92.1 Å². The normalized spacial score (nSPS) is 21.1. The molecule has 0 radical (unpaired) electrons. The summed E-state index contributed by atoms with van der Waals surface area (Å²) in [7, 11) is 0. The third-order valence-corrected chi connectivity index (χ3v) is 10.1. The van der Waals surface area contributed by atoms with Crippen LogP contribution in [0.25, 0.3) is 0 Å². The van der Waals surface area contributed by atoms with E-state index in [1.807, 2.05) is 66.7 Å². The maximum absolute atomic E-state index is 13.3. The van der Waals surface area contributed by atoms with Crippen molar-refractivity contribution in [3.05, 3.63) is 101 Å². The molecule has 0 spiro atoms. The van der Waals surface area contributed by atoms with Crippen molar-refractivity contribution in [3.8, 4) is 5.75 Å². The number of hydrogen-bond acceptors (Lipinski definition) is 8. The van der Waals surface area contributed by atoms with E-state index >= 15 is 0 Å². The molecular weight excluding hydrogens is 620 g/mol. The van der Waals surface area contributed by atoms with Gasteiger partial charge in [-0.15, -0.1) is 0 Å². The second kappa shape index (κ2) is 16.7. The summed E-state index contributed by atoms with van der Waals surface area (Å²) in [5.41, 5.74) is 3.57. The standard InChI is InChI=1S/C40H46N2O7/c43-23-4-5-24-47-40(46)33-17-21-42(22-18-33)39(45)32-13-11-29(12-14-32)28-48-35-10-6-9-34(25-35)36(30-7-2-1-3-8-30)26-38(44)49-37-27-41-19-15-31(37)16-20-41/h1-3,6-14,23,25,31,33,36-37H,4-5,15-22,24,26-28H2/t36-,37-/m0/s1. The van der Waals surface area contributed by atoms with Gasteiger partial charge in [0.2, 0.25) is 0 Å². The van der Waals surface area contributed by atoms with Crippen molar-refractivity contribution in [2.75, 3.05) is 39.3 Å². The van der Waals surface area contributed by atoms with E-state index in [9.17, 15) is 19.2 Å². The Hall–Kier alpha value is -4.50. The van der Waals surface area contributed by atoms with Gasteiger partial charge in [0.15, 0.2) is 0 Å². The van der Waals surface area contributed by atoms with Crippen LogP contribution >= 0.6 is 0 Å². The number of carbonyl (C=O) groups excluding carboxylic acids is 4. The Balaban J connectivity index is 1.02. The Labute approximate surface area is 288 Å². The Morgan fingerprint density at radius 1 is 0.837 bits per heavy atom. The Morgan fingerprint density at radius 3 is 2.27 bits per heavy atom. The molecule has 7 rings (SSSR count). The number of aldehydes is 1. The summed E-state index contributed by atoms with van der Waals surface area (Å²) in [6.07, 6.45) is 5.31. The Bertz CT molecular complexity index is 1560. The highest BCUT2D eigenvalue weighted by atomic mass is 16.5. The predicted molar refractivity (Wildman–Crippen MR) is 184 cm³/mol. The van der Waals surface area contributed by atoms with Crippen LogP contribution in [0.3, 0.4) is 0 Å². The van der Waals surface area contributed by atoms with Crippen LogP contribution in [0.4, 0.5) is 0 Å². The van der Waals surface area contributed by atoms with Crippen LogP contribution in [-0.4, -0.2) is 79.4 Å². The molecule has 3 aromatic rings. The molecule has 0 N–H and O–H groups in total. The number of rotatable bonds is 14. The van der Waals surface area contributed by atoms with Crippen molar-refractivity contribution in [1.29, 1.82) is 0 Å². The number of unbranched alkanes of at least 4 members (excludes halogenated alkanes) is 1. The highest BCUT2D eigenvalue weighted by molar-refractivity contribution is 5.94. The fraction of sp³-hybridized carbons (Fsp3) is 0.450. The number of nitrogens with zero attached hydrogens (tertiary/aromatic N) is 2. The van der Waals surface area contributed by atoms with Gasteiger partial charge in [0.1, 0.15) is 24.7 Å². The quantitative estimate of drug-likeness (QED) is 0.121. The number of carbonyl (C=O) groups is 4. The number of ether oxygens (including phenoxy) is 3. The van der Waals surface area contributed by atoms with E-state index in [2.05, 4.69) is 17.0 Å². The van der Waals surface area contributed by atoms with Crippen LogP contribution in [0.5, 0.6) is 5.75 Å². The number of likely N-dealkylation sites (tertiary alicyclic amines) is 1. The molecule has 1 amide bonds. The van der Waals surface area contributed by atoms with Crippen LogP contribution in [0.2, 0.25) is 0 Å². The van der Waals surface area contributed by atoms with Crippen molar-refractivity contribution in [2.45, 2.75) is 63.6 Å². The maximum atomic E-state index is 13.3. The van der Waals surface area contributed by atoms with Gasteiger partial charge in [0.25, 0.3) is 5.91 Å². The summed E-state index contributed by atoms with van der Waals surface area (Å²) in [4.78, 5) is 53.4. The fourth-order valence-corrected chi connectivity index (χ4v) is 7.23. The zero-order valence-corrected chi connectivity index (χ0v) is 28.0. The smallest absolute Gasteiger partial charge is 0.309 e. The summed E-state index contributed by atoms with van der Waals surface area (Å²) in [6, 6.07) is 25.4. The summed E-state index contributed by atoms with van der Waals surface area (Å²) in [5.74, 6) is 0.326. The number of hydrogen-bond donors (Lipinski definition) is 0. The molecule has 0 unspecified atom stereocenters. The molecule has 9 nitrogen and oxygen atoms in total. The topological polar surface area (TPSA) is 102 Å². The minimum atomic E-state index is -0.245. The van der Waals surface area contributed by atoms with Crippen LogP contribution in [-0.2, 0) is 30.5 Å². The highest BCUT2D eigenvalue weighted by Gasteiger charge is 2.37. The largest absolute Gasteiger partial charge is 0.489 e. The number of benzene rings is 3. The van der Waals surface area contributed by atoms with E-state index in [1.165, 1.54) is 0 Å². The van der Waals surface area contributed by atoms with Crippen LogP contribution in [0.1, 0.15) is 77.9 Å². The molecule has 4 fully saturated rings. The lowest BCUT2D eigenvalue weighted by Crippen LogP contribution is -2.52. The van der Waals surface area contributed by atoms with Gasteiger partial charge in [-0.1, -0.05) is 54.6 Å². The van der Waals surface area contributed by atoms with Gasteiger partial charge in [-0.2, -0.15) is 0 Å². The number of esters is 2. The van der Waals surface area contributed by atoms with Gasteiger partial charge >= 0.3 is 11.9 Å². The van der Waals surface area contributed by atoms with Crippen molar-refractivity contribution < 1.29 is 33.4 Å². The molecule has 4 saturated heterocycles. The molecule has 258 valence electrons. The first kappa shape index (κ1) is 34.4. The number of amides is 1. The zero-order chi connectivity index (χ0) is 34.0. The van der Waals surface area contributed by atoms with E-state index < -0.39 is 0 Å². The van der Waals surface area contributed by atoms with Gasteiger partial charge in [-0.3, -0.25) is 19.3 Å². The molecule has 49 heavy (non-hydrogen) atoms. The third kappa shape index (κ3) is 9.15. The van der Waals surface area contributed by atoms with E-state index in [0.29, 0.717) is 62.6 Å². The molecule has 0 aromatic heterocycles. The predicted octanol–water partition coefficient (Wildman–Crippen LogP) is 5.80. The first-order valence-corrected chi connectivity index (χ1v) is 17.6. The van der Waals surface area contributed by atoms with Crippen molar-refractivity contribution in [3.63, 3.8) is 0 Å². The van der Waals surface area contributed by atoms with Crippen LogP contribution < -0.4 is 4.74 Å². The second-order valence-electron chi connectivity index (χ2n) is 13.4. The average Bonchev–Trinajstić information content (AvgIpc) is 3.15. The lowest BCUT2D eigenvalue weighted by molar-refractivity contribution is -0.159. The van der Waals surface area contributed by atoms with Crippen molar-refractivity contribution in [1.82, 2.24) is 9.80 Å². The average molecular weight is 667 g/mol. The Kier molecular flexibility index (Phi) is 11.7. The van der Waals surface area contributed by atoms with E-state index in [4.69, 9.17) is 14.2 Å². The van der Waals surface area contributed by atoms with E-state index in [-0.39, 0.29) is 48.8 Å². The minimum Gasteiger partial charge on any atom is -0.489 e. The van der Waals surface area contributed by atoms with Crippen LogP contribution in [0, 0.1) is 11.8 Å². The van der Waals surface area contributed by atoms with Crippen LogP contribution in [0.15, 0.2) is 78.9 Å². The van der Waals surface area contributed by atoms with Gasteiger partial charge in [-0.25, -0.2) is 0 Å². The molecule has 4 aliphatic heterocycles. The van der Waals surface area contributed by atoms with Crippen molar-refractivity contribution >= 4 is 24.1 Å². The van der Waals surface area contributed by atoms with Gasteiger partial charge in [0, 0.05) is 37.5 Å². The fourth-order valence-electron chi connectivity index (χ4n) is 7.23. The van der Waals surface area contributed by atoms with E-state index in [0.717, 1.165) is 55.5 Å². The molecule has 2 bridgehead atoms. The monoisotopic (exact) mass is 666 g/mol. The summed E-state index contributed by atoms with van der Waals surface area (Å²) < 4.78 is 17.5. The first-order chi connectivity index (χ1) is 24.0. The first-order valence-electron chi connectivity index (χ1n) is 17.6. The third-order valence-electron chi connectivity index (χ3n) is 10.1. The SMILES string of the molecule is O=CCCCOC(=O)C1CCN(C(=O)c2ccc(COc3cccc([C@@H](CC(=O)O[C@H]4CN5CCC4CC5)c4ccccc4)c3)cc2)CC1. The molecule has 0 aliphatic carbocycles.